The van der Waals surface area contributed by atoms with Gasteiger partial charge in [0.2, 0.25) is 0 Å². The van der Waals surface area contributed by atoms with Gasteiger partial charge >= 0.3 is 0 Å². The van der Waals surface area contributed by atoms with Crippen LogP contribution in [0.1, 0.15) is 13.3 Å². The molecular weight excluding hydrogens is 420 g/mol. The number of benzene rings is 2. The van der Waals surface area contributed by atoms with Crippen LogP contribution in [-0.4, -0.2) is 62.7 Å². The highest BCUT2D eigenvalue weighted by Gasteiger charge is 2.28. The molecule has 0 N–H and O–H groups in total. The van der Waals surface area contributed by atoms with Crippen molar-refractivity contribution < 1.29 is 18.9 Å². The Morgan fingerprint density at radius 1 is 0.867 bits per heavy atom. The molecule has 0 amide bonds. The average Bonchev–Trinajstić information content (AvgIpc) is 3.25. The molecule has 0 aliphatic carbocycles. The maximum absolute atomic E-state index is 5.45. The van der Waals surface area contributed by atoms with Gasteiger partial charge in [0.25, 0.3) is 0 Å². The van der Waals surface area contributed by atoms with E-state index in [1.807, 2.05) is 24.3 Å². The first-order valence-corrected chi connectivity index (χ1v) is 11.5. The third kappa shape index (κ3) is 5.49. The minimum Gasteiger partial charge on any atom is -0.493 e. The van der Waals surface area contributed by atoms with Crippen LogP contribution < -0.4 is 18.9 Å². The van der Waals surface area contributed by atoms with Gasteiger partial charge in [-0.25, -0.2) is 8.61 Å². The first-order chi connectivity index (χ1) is 14.6. The summed E-state index contributed by atoms with van der Waals surface area (Å²) in [5, 5.41) is 0. The summed E-state index contributed by atoms with van der Waals surface area (Å²) in [6, 6.07) is 12.6. The second kappa shape index (κ2) is 11.0. The molecule has 1 atom stereocenters. The standard InChI is InChI=1S/C22H30N2O4S2/c1-6-24(30-18-8-10-20(26-3)22(14-18)28-5)16-11-12-23(15-16)29-17-7-9-19(25-2)21(13-17)27-4/h7-10,13-14,16H,6,11-12,15H2,1-5H3/t16-/m0/s1. The molecule has 1 heterocycles. The van der Waals surface area contributed by atoms with Crippen LogP contribution in [0.5, 0.6) is 23.0 Å². The zero-order valence-corrected chi connectivity index (χ0v) is 19.8. The molecule has 3 rings (SSSR count). The van der Waals surface area contributed by atoms with Crippen LogP contribution in [0.15, 0.2) is 46.2 Å². The fraction of sp³-hybridized carbons (Fsp3) is 0.455. The molecule has 1 aliphatic rings. The minimum absolute atomic E-state index is 0.487. The molecule has 6 nitrogen and oxygen atoms in total. The number of rotatable bonds is 10. The van der Waals surface area contributed by atoms with E-state index in [4.69, 9.17) is 18.9 Å². The van der Waals surface area contributed by atoms with E-state index in [9.17, 15) is 0 Å². The fourth-order valence-electron chi connectivity index (χ4n) is 3.46. The van der Waals surface area contributed by atoms with Crippen LogP contribution in [-0.2, 0) is 0 Å². The predicted molar refractivity (Wildman–Crippen MR) is 123 cm³/mol. The topological polar surface area (TPSA) is 43.4 Å². The van der Waals surface area contributed by atoms with Crippen LogP contribution in [0, 0.1) is 0 Å². The number of ether oxygens (including phenoxy) is 4. The number of hydrogen-bond donors (Lipinski definition) is 0. The van der Waals surface area contributed by atoms with Crippen molar-refractivity contribution in [2.45, 2.75) is 29.2 Å². The summed E-state index contributed by atoms with van der Waals surface area (Å²) in [5.74, 6) is 3.03. The van der Waals surface area contributed by atoms with Crippen molar-refractivity contribution >= 4 is 23.9 Å². The second-order valence-electron chi connectivity index (χ2n) is 6.78. The molecular formula is C22H30N2O4S2. The first-order valence-electron chi connectivity index (χ1n) is 9.93. The summed E-state index contributed by atoms with van der Waals surface area (Å²) in [4.78, 5) is 2.31. The Balaban J connectivity index is 1.62. The van der Waals surface area contributed by atoms with E-state index in [1.54, 1.807) is 52.3 Å². The molecule has 164 valence electrons. The smallest absolute Gasteiger partial charge is 0.161 e. The molecule has 0 radical (unpaired) electrons. The van der Waals surface area contributed by atoms with Crippen LogP contribution in [0.25, 0.3) is 0 Å². The monoisotopic (exact) mass is 450 g/mol. The lowest BCUT2D eigenvalue weighted by molar-refractivity contribution is 0.353. The van der Waals surface area contributed by atoms with E-state index < -0.39 is 0 Å². The van der Waals surface area contributed by atoms with Gasteiger partial charge in [-0.1, -0.05) is 6.92 Å². The molecule has 0 aromatic heterocycles. The number of nitrogens with zero attached hydrogens (tertiary/aromatic N) is 2. The summed E-state index contributed by atoms with van der Waals surface area (Å²) in [7, 11) is 6.66. The van der Waals surface area contributed by atoms with Crippen LogP contribution >= 0.6 is 23.9 Å². The minimum atomic E-state index is 0.487. The largest absolute Gasteiger partial charge is 0.493 e. The summed E-state index contributed by atoms with van der Waals surface area (Å²) in [6.45, 7) is 5.23. The third-order valence-corrected chi connectivity index (χ3v) is 7.32. The van der Waals surface area contributed by atoms with Gasteiger partial charge in [-0.2, -0.15) is 0 Å². The van der Waals surface area contributed by atoms with Crippen molar-refractivity contribution in [1.29, 1.82) is 0 Å². The molecule has 2 aromatic carbocycles. The van der Waals surface area contributed by atoms with E-state index in [0.717, 1.165) is 58.8 Å². The Labute approximate surface area is 188 Å². The van der Waals surface area contributed by atoms with E-state index in [1.165, 1.54) is 0 Å². The maximum atomic E-state index is 5.45. The highest BCUT2D eigenvalue weighted by molar-refractivity contribution is 7.97. The maximum Gasteiger partial charge on any atom is 0.161 e. The van der Waals surface area contributed by atoms with Gasteiger partial charge in [0.1, 0.15) is 0 Å². The molecule has 0 bridgehead atoms. The van der Waals surface area contributed by atoms with Crippen molar-refractivity contribution in [1.82, 2.24) is 8.61 Å². The lowest BCUT2D eigenvalue weighted by Crippen LogP contribution is -2.31. The average molecular weight is 451 g/mol. The molecule has 8 heteroatoms. The lowest BCUT2D eigenvalue weighted by atomic mass is 10.3. The van der Waals surface area contributed by atoms with Crippen LogP contribution in [0.4, 0.5) is 0 Å². The van der Waals surface area contributed by atoms with E-state index in [2.05, 4.69) is 27.7 Å². The van der Waals surface area contributed by atoms with Gasteiger partial charge in [0.15, 0.2) is 23.0 Å². The van der Waals surface area contributed by atoms with E-state index in [0.29, 0.717) is 6.04 Å². The molecule has 0 saturated carbocycles. The second-order valence-corrected chi connectivity index (χ2v) is 9.07. The van der Waals surface area contributed by atoms with E-state index in [-0.39, 0.29) is 0 Å². The van der Waals surface area contributed by atoms with Gasteiger partial charge in [-0.05, 0) is 66.7 Å². The van der Waals surface area contributed by atoms with Crippen LogP contribution in [0.2, 0.25) is 0 Å². The lowest BCUT2D eigenvalue weighted by Gasteiger charge is -2.26. The Bertz CT molecular complexity index is 837. The third-order valence-electron chi connectivity index (χ3n) is 5.01. The Morgan fingerprint density at radius 2 is 1.43 bits per heavy atom. The van der Waals surface area contributed by atoms with Gasteiger partial charge in [0.05, 0.1) is 28.4 Å². The molecule has 1 saturated heterocycles. The van der Waals surface area contributed by atoms with Gasteiger partial charge < -0.3 is 18.9 Å². The zero-order valence-electron chi connectivity index (χ0n) is 18.2. The van der Waals surface area contributed by atoms with Crippen LogP contribution in [0.3, 0.4) is 0 Å². The first kappa shape index (κ1) is 22.9. The Morgan fingerprint density at radius 3 is 2.00 bits per heavy atom. The van der Waals surface area contributed by atoms with Crippen molar-refractivity contribution in [2.24, 2.45) is 0 Å². The molecule has 0 unspecified atom stereocenters. The molecule has 1 aliphatic heterocycles. The Hall–Kier alpha value is -1.74. The number of hydrogen-bond acceptors (Lipinski definition) is 8. The summed E-state index contributed by atoms with van der Waals surface area (Å²) in [6.07, 6.45) is 1.13. The van der Waals surface area contributed by atoms with Crippen molar-refractivity contribution in [3.63, 3.8) is 0 Å². The summed E-state index contributed by atoms with van der Waals surface area (Å²) in [5.41, 5.74) is 0. The van der Waals surface area contributed by atoms with Gasteiger partial charge in [-0.15, -0.1) is 0 Å². The number of methoxy groups -OCH3 is 4. The molecule has 0 spiro atoms. The van der Waals surface area contributed by atoms with Gasteiger partial charge in [0, 0.05) is 35.5 Å². The van der Waals surface area contributed by atoms with Crippen molar-refractivity contribution in [2.75, 3.05) is 48.1 Å². The van der Waals surface area contributed by atoms with E-state index >= 15 is 0 Å². The fourth-order valence-corrected chi connectivity index (χ4v) is 5.50. The normalized spacial score (nSPS) is 16.7. The highest BCUT2D eigenvalue weighted by Crippen LogP contribution is 2.38. The van der Waals surface area contributed by atoms with Gasteiger partial charge in [-0.3, -0.25) is 0 Å². The molecule has 30 heavy (non-hydrogen) atoms. The molecule has 1 fully saturated rings. The summed E-state index contributed by atoms with van der Waals surface area (Å²) < 4.78 is 26.4. The van der Waals surface area contributed by atoms with Crippen molar-refractivity contribution in [3.05, 3.63) is 36.4 Å². The quantitative estimate of drug-likeness (QED) is 0.477. The highest BCUT2D eigenvalue weighted by atomic mass is 32.2. The predicted octanol–water partition coefficient (Wildman–Crippen LogP) is 4.83. The zero-order chi connectivity index (χ0) is 21.5. The number of likely N-dealkylation sites (N-methyl/N-ethyl adjacent to an activating group) is 1. The van der Waals surface area contributed by atoms with Crippen molar-refractivity contribution in [3.8, 4) is 23.0 Å². The Kier molecular flexibility index (Phi) is 8.44. The summed E-state index contributed by atoms with van der Waals surface area (Å²) >= 11 is 3.55. The SMILES string of the molecule is CCN(Sc1ccc(OC)c(OC)c1)[C@H]1CCN(Sc2ccc(OC)c(OC)c2)C1. The molecule has 2 aromatic rings.